The molecule has 0 amide bonds. The predicted molar refractivity (Wildman–Crippen MR) is 48.5 cm³/mol. The van der Waals surface area contributed by atoms with E-state index in [0.717, 1.165) is 12.3 Å². The summed E-state index contributed by atoms with van der Waals surface area (Å²) in [4.78, 5) is 4.13. The number of aliphatic imine (C=N–C) groups is 1. The van der Waals surface area contributed by atoms with Crippen molar-refractivity contribution < 1.29 is 9.15 Å². The highest BCUT2D eigenvalue weighted by Gasteiger charge is 2.13. The zero-order valence-electron chi connectivity index (χ0n) is 7.49. The van der Waals surface area contributed by atoms with Crippen molar-refractivity contribution in [3.05, 3.63) is 24.2 Å². The molecule has 0 fully saturated rings. The number of rotatable bonds is 2. The van der Waals surface area contributed by atoms with Crippen LogP contribution in [0.5, 0.6) is 0 Å². The Bertz CT molecular complexity index is 293. The molecule has 2 rings (SSSR count). The lowest BCUT2D eigenvalue weighted by atomic mass is 10.3. The molecular formula is C9H12N2O2. The van der Waals surface area contributed by atoms with Crippen LogP contribution >= 0.6 is 0 Å². The second-order valence-electron chi connectivity index (χ2n) is 2.92. The van der Waals surface area contributed by atoms with E-state index in [1.54, 1.807) is 6.26 Å². The van der Waals surface area contributed by atoms with E-state index in [1.807, 2.05) is 19.1 Å². The lowest BCUT2D eigenvalue weighted by Gasteiger charge is -2.11. The molecule has 0 saturated heterocycles. The highest BCUT2D eigenvalue weighted by atomic mass is 16.5. The molecule has 1 aromatic rings. The maximum atomic E-state index is 5.23. The van der Waals surface area contributed by atoms with Crippen molar-refractivity contribution in [3.63, 3.8) is 0 Å². The van der Waals surface area contributed by atoms with Crippen LogP contribution in [-0.4, -0.2) is 19.2 Å². The quantitative estimate of drug-likeness (QED) is 0.746. The molecule has 1 N–H and O–H groups in total. The average Bonchev–Trinajstić information content (AvgIpc) is 2.74. The van der Waals surface area contributed by atoms with Crippen LogP contribution in [0.1, 0.15) is 18.7 Å². The van der Waals surface area contributed by atoms with Gasteiger partial charge in [-0.15, -0.1) is 0 Å². The summed E-state index contributed by atoms with van der Waals surface area (Å²) >= 11 is 0. The molecule has 4 heteroatoms. The molecule has 0 unspecified atom stereocenters. The monoisotopic (exact) mass is 180 g/mol. The number of ether oxygens (including phenoxy) is 1. The highest BCUT2D eigenvalue weighted by molar-refractivity contribution is 5.75. The summed E-state index contributed by atoms with van der Waals surface area (Å²) in [5.74, 6) is 0.887. The van der Waals surface area contributed by atoms with Crippen LogP contribution in [0.3, 0.4) is 0 Å². The fourth-order valence-electron chi connectivity index (χ4n) is 1.22. The van der Waals surface area contributed by atoms with Gasteiger partial charge in [0.05, 0.1) is 18.8 Å². The van der Waals surface area contributed by atoms with E-state index in [1.165, 1.54) is 0 Å². The molecule has 1 aliphatic rings. The largest absolute Gasteiger partial charge is 0.467 e. The first-order valence-electron chi connectivity index (χ1n) is 4.33. The van der Waals surface area contributed by atoms with Gasteiger partial charge in [0.2, 0.25) is 0 Å². The van der Waals surface area contributed by atoms with Crippen LogP contribution in [0.2, 0.25) is 0 Å². The third-order valence-electron chi connectivity index (χ3n) is 1.90. The Balaban J connectivity index is 1.95. The molecule has 0 spiro atoms. The third-order valence-corrected chi connectivity index (χ3v) is 1.90. The van der Waals surface area contributed by atoms with E-state index in [-0.39, 0.29) is 6.04 Å². The molecule has 2 heterocycles. The lowest BCUT2D eigenvalue weighted by molar-refractivity contribution is 0.322. The van der Waals surface area contributed by atoms with Gasteiger partial charge in [0, 0.05) is 0 Å². The Hall–Kier alpha value is -1.45. The molecule has 0 aliphatic carbocycles. The van der Waals surface area contributed by atoms with Gasteiger partial charge in [0.25, 0.3) is 6.02 Å². The zero-order chi connectivity index (χ0) is 9.10. The minimum atomic E-state index is 0.104. The normalized spacial score (nSPS) is 17.8. The average molecular weight is 180 g/mol. The van der Waals surface area contributed by atoms with E-state index >= 15 is 0 Å². The van der Waals surface area contributed by atoms with Crippen LogP contribution < -0.4 is 5.32 Å². The minimum absolute atomic E-state index is 0.104. The Morgan fingerprint density at radius 3 is 3.15 bits per heavy atom. The SMILES string of the molecule is C[C@@H](NC1=NCCO1)c1ccco1. The van der Waals surface area contributed by atoms with Gasteiger partial charge in [-0.3, -0.25) is 0 Å². The molecule has 70 valence electrons. The first-order valence-corrected chi connectivity index (χ1v) is 4.33. The first kappa shape index (κ1) is 8.16. The molecule has 4 nitrogen and oxygen atoms in total. The molecule has 13 heavy (non-hydrogen) atoms. The number of hydrogen-bond donors (Lipinski definition) is 1. The number of amidine groups is 1. The van der Waals surface area contributed by atoms with Crippen molar-refractivity contribution in [1.82, 2.24) is 5.32 Å². The van der Waals surface area contributed by atoms with Gasteiger partial charge in [0.15, 0.2) is 0 Å². The van der Waals surface area contributed by atoms with Gasteiger partial charge in [-0.1, -0.05) is 0 Å². The molecule has 0 bridgehead atoms. The Morgan fingerprint density at radius 2 is 2.54 bits per heavy atom. The summed E-state index contributed by atoms with van der Waals surface area (Å²) in [6.45, 7) is 3.42. The number of hydrogen-bond acceptors (Lipinski definition) is 4. The predicted octanol–water partition coefficient (Wildman–Crippen LogP) is 1.32. The van der Waals surface area contributed by atoms with Crippen LogP contribution in [0.25, 0.3) is 0 Å². The Labute approximate surface area is 76.6 Å². The van der Waals surface area contributed by atoms with Gasteiger partial charge < -0.3 is 14.5 Å². The molecule has 1 aromatic heterocycles. The van der Waals surface area contributed by atoms with Gasteiger partial charge in [-0.05, 0) is 19.1 Å². The first-order chi connectivity index (χ1) is 6.36. The van der Waals surface area contributed by atoms with E-state index in [2.05, 4.69) is 10.3 Å². The van der Waals surface area contributed by atoms with Crippen molar-refractivity contribution >= 4 is 6.02 Å². The highest BCUT2D eigenvalue weighted by Crippen LogP contribution is 2.12. The van der Waals surface area contributed by atoms with E-state index in [4.69, 9.17) is 9.15 Å². The smallest absolute Gasteiger partial charge is 0.285 e. The molecule has 0 aromatic carbocycles. The number of nitrogens with zero attached hydrogens (tertiary/aromatic N) is 1. The number of nitrogens with one attached hydrogen (secondary N) is 1. The maximum absolute atomic E-state index is 5.23. The Morgan fingerprint density at radius 1 is 1.62 bits per heavy atom. The van der Waals surface area contributed by atoms with Crippen molar-refractivity contribution in [2.45, 2.75) is 13.0 Å². The van der Waals surface area contributed by atoms with Gasteiger partial charge in [-0.2, -0.15) is 0 Å². The van der Waals surface area contributed by atoms with Crippen molar-refractivity contribution in [2.75, 3.05) is 13.2 Å². The molecular weight excluding hydrogens is 168 g/mol. The summed E-state index contributed by atoms with van der Waals surface area (Å²) in [6.07, 6.45) is 1.66. The summed E-state index contributed by atoms with van der Waals surface area (Å²) in [5, 5.41) is 3.12. The second kappa shape index (κ2) is 3.51. The van der Waals surface area contributed by atoms with Gasteiger partial charge in [-0.25, -0.2) is 4.99 Å². The van der Waals surface area contributed by atoms with Crippen LogP contribution in [0, 0.1) is 0 Å². The standard InChI is InChI=1S/C9H12N2O2/c1-7(8-3-2-5-12-8)11-9-10-4-6-13-9/h2-3,5,7H,4,6H2,1H3,(H,10,11)/t7-/m1/s1. The minimum Gasteiger partial charge on any atom is -0.467 e. The summed E-state index contributed by atoms with van der Waals surface area (Å²) < 4.78 is 10.5. The molecule has 1 aliphatic heterocycles. The van der Waals surface area contributed by atoms with Gasteiger partial charge >= 0.3 is 0 Å². The fraction of sp³-hybridized carbons (Fsp3) is 0.444. The summed E-state index contributed by atoms with van der Waals surface area (Å²) in [6, 6.07) is 4.51. The molecule has 1 atom stereocenters. The summed E-state index contributed by atoms with van der Waals surface area (Å²) in [5.41, 5.74) is 0. The van der Waals surface area contributed by atoms with Crippen LogP contribution in [-0.2, 0) is 4.74 Å². The van der Waals surface area contributed by atoms with E-state index in [9.17, 15) is 0 Å². The molecule has 0 radical (unpaired) electrons. The van der Waals surface area contributed by atoms with Crippen LogP contribution in [0.4, 0.5) is 0 Å². The van der Waals surface area contributed by atoms with E-state index < -0.39 is 0 Å². The molecule has 0 saturated carbocycles. The van der Waals surface area contributed by atoms with Crippen LogP contribution in [0.15, 0.2) is 27.8 Å². The number of furan rings is 1. The topological polar surface area (TPSA) is 46.8 Å². The Kier molecular flexibility index (Phi) is 2.21. The maximum Gasteiger partial charge on any atom is 0.285 e. The van der Waals surface area contributed by atoms with E-state index in [0.29, 0.717) is 12.6 Å². The second-order valence-corrected chi connectivity index (χ2v) is 2.92. The summed E-state index contributed by atoms with van der Waals surface area (Å²) in [7, 11) is 0. The zero-order valence-corrected chi connectivity index (χ0v) is 7.49. The lowest BCUT2D eigenvalue weighted by Crippen LogP contribution is -2.26. The fourth-order valence-corrected chi connectivity index (χ4v) is 1.22. The van der Waals surface area contributed by atoms with Crippen molar-refractivity contribution in [1.29, 1.82) is 0 Å². The van der Waals surface area contributed by atoms with Crippen molar-refractivity contribution in [2.24, 2.45) is 4.99 Å². The van der Waals surface area contributed by atoms with Gasteiger partial charge in [0.1, 0.15) is 12.4 Å². The van der Waals surface area contributed by atoms with Crippen molar-refractivity contribution in [3.8, 4) is 0 Å². The third kappa shape index (κ3) is 1.83.